The smallest absolute Gasteiger partial charge is 0.254 e. The minimum atomic E-state index is 0.0485. The highest BCUT2D eigenvalue weighted by molar-refractivity contribution is 7.10. The van der Waals surface area contributed by atoms with Crippen LogP contribution in [0.1, 0.15) is 42.8 Å². The summed E-state index contributed by atoms with van der Waals surface area (Å²) in [4.78, 5) is 18.1. The first kappa shape index (κ1) is 15.6. The third-order valence-corrected chi connectivity index (χ3v) is 6.80. The first-order valence-corrected chi connectivity index (χ1v) is 9.89. The van der Waals surface area contributed by atoms with E-state index < -0.39 is 0 Å². The Morgan fingerprint density at radius 2 is 1.96 bits per heavy atom. The summed E-state index contributed by atoms with van der Waals surface area (Å²) in [5, 5.41) is 4.24. The first-order valence-electron chi connectivity index (χ1n) is 8.13. The number of hydrogen-bond donors (Lipinski definition) is 0. The van der Waals surface area contributed by atoms with Crippen LogP contribution in [0.5, 0.6) is 0 Å². The molecule has 0 aliphatic carbocycles. The predicted octanol–water partition coefficient (Wildman–Crippen LogP) is 5.21. The highest BCUT2D eigenvalue weighted by Crippen LogP contribution is 2.40. The van der Waals surface area contributed by atoms with Gasteiger partial charge < -0.3 is 4.90 Å². The summed E-state index contributed by atoms with van der Waals surface area (Å²) in [5.41, 5.74) is 4.38. The number of aryl methyl sites for hydroxylation is 1. The Hall–Kier alpha value is -1.91. The molecule has 2 nitrogen and oxygen atoms in total. The van der Waals surface area contributed by atoms with Crippen molar-refractivity contribution in [3.63, 3.8) is 0 Å². The summed E-state index contributed by atoms with van der Waals surface area (Å²) in [5.74, 6) is 0.145. The van der Waals surface area contributed by atoms with E-state index in [1.54, 1.807) is 11.3 Å². The molecule has 122 valence electrons. The topological polar surface area (TPSA) is 20.3 Å². The van der Waals surface area contributed by atoms with Gasteiger partial charge in [0.2, 0.25) is 0 Å². The molecule has 3 heterocycles. The maximum atomic E-state index is 13.3. The molecule has 0 radical (unpaired) electrons. The minimum Gasteiger partial charge on any atom is -0.326 e. The molecule has 1 aliphatic rings. The fourth-order valence-electron chi connectivity index (χ4n) is 3.43. The molecule has 1 atom stereocenters. The van der Waals surface area contributed by atoms with E-state index in [9.17, 15) is 4.79 Å². The van der Waals surface area contributed by atoms with E-state index in [4.69, 9.17) is 0 Å². The molecule has 3 aromatic rings. The van der Waals surface area contributed by atoms with E-state index in [0.29, 0.717) is 0 Å². The molecular formula is C20H19NOS2. The number of fused-ring (bicyclic) bond motifs is 1. The van der Waals surface area contributed by atoms with Gasteiger partial charge in [0.05, 0.1) is 6.04 Å². The van der Waals surface area contributed by atoms with Crippen LogP contribution in [-0.4, -0.2) is 17.4 Å². The average molecular weight is 354 g/mol. The first-order chi connectivity index (χ1) is 11.7. The molecule has 1 aliphatic heterocycles. The zero-order valence-corrected chi connectivity index (χ0v) is 15.4. The van der Waals surface area contributed by atoms with Crippen LogP contribution >= 0.6 is 22.7 Å². The molecule has 4 rings (SSSR count). The van der Waals surface area contributed by atoms with Crippen LogP contribution in [-0.2, 0) is 6.42 Å². The third kappa shape index (κ3) is 2.50. The number of amides is 1. The van der Waals surface area contributed by atoms with Crippen molar-refractivity contribution in [2.45, 2.75) is 26.3 Å². The SMILES string of the molecule is Cc1cccc(C(=O)N2CCc3sccc3C2c2cccs2)c1C. The summed E-state index contributed by atoms with van der Waals surface area (Å²) >= 11 is 3.54. The summed E-state index contributed by atoms with van der Waals surface area (Å²) in [6, 6.07) is 12.5. The molecule has 0 bridgehead atoms. The zero-order chi connectivity index (χ0) is 16.7. The summed E-state index contributed by atoms with van der Waals surface area (Å²) in [7, 11) is 0. The molecule has 1 aromatic carbocycles. The van der Waals surface area contributed by atoms with Crippen molar-refractivity contribution < 1.29 is 4.79 Å². The van der Waals surface area contributed by atoms with Crippen LogP contribution in [0.3, 0.4) is 0 Å². The predicted molar refractivity (Wildman–Crippen MR) is 101 cm³/mol. The van der Waals surface area contributed by atoms with Gasteiger partial charge in [-0.05, 0) is 65.9 Å². The normalized spacial score (nSPS) is 16.9. The van der Waals surface area contributed by atoms with Crippen LogP contribution < -0.4 is 0 Å². The van der Waals surface area contributed by atoms with Gasteiger partial charge in [-0.2, -0.15) is 0 Å². The van der Waals surface area contributed by atoms with Crippen molar-refractivity contribution in [1.29, 1.82) is 0 Å². The molecule has 0 spiro atoms. The Bertz CT molecular complexity index is 879. The number of nitrogens with zero attached hydrogens (tertiary/aromatic N) is 1. The van der Waals surface area contributed by atoms with Gasteiger partial charge in [-0.3, -0.25) is 4.79 Å². The Balaban J connectivity index is 1.79. The van der Waals surface area contributed by atoms with Gasteiger partial charge in [-0.25, -0.2) is 0 Å². The lowest BCUT2D eigenvalue weighted by Crippen LogP contribution is -2.40. The van der Waals surface area contributed by atoms with E-state index in [2.05, 4.69) is 46.8 Å². The fourth-order valence-corrected chi connectivity index (χ4v) is 5.18. The van der Waals surface area contributed by atoms with E-state index in [0.717, 1.165) is 24.1 Å². The second-order valence-corrected chi connectivity index (χ2v) is 8.19. The van der Waals surface area contributed by atoms with Crippen molar-refractivity contribution in [3.8, 4) is 0 Å². The number of carbonyl (C=O) groups excluding carboxylic acids is 1. The standard InChI is InChI=1S/C20H19NOS2/c1-13-5-3-6-15(14(13)2)20(22)21-10-8-17-16(9-12-24-17)19(21)18-7-4-11-23-18/h3-7,9,11-12,19H,8,10H2,1-2H3. The molecule has 1 amide bonds. The van der Waals surface area contributed by atoms with E-state index >= 15 is 0 Å². The highest BCUT2D eigenvalue weighted by atomic mass is 32.1. The Morgan fingerprint density at radius 3 is 2.75 bits per heavy atom. The largest absolute Gasteiger partial charge is 0.326 e. The van der Waals surface area contributed by atoms with Crippen LogP contribution in [0.2, 0.25) is 0 Å². The summed E-state index contributed by atoms with van der Waals surface area (Å²) in [6.07, 6.45) is 0.950. The molecule has 1 unspecified atom stereocenters. The second kappa shape index (κ2) is 6.19. The number of carbonyl (C=O) groups is 1. The van der Waals surface area contributed by atoms with E-state index in [-0.39, 0.29) is 11.9 Å². The van der Waals surface area contributed by atoms with Gasteiger partial charge in [0, 0.05) is 21.9 Å². The molecule has 4 heteroatoms. The van der Waals surface area contributed by atoms with Gasteiger partial charge in [0.25, 0.3) is 5.91 Å². The van der Waals surface area contributed by atoms with Crippen molar-refractivity contribution in [2.75, 3.05) is 6.54 Å². The molecule has 0 saturated carbocycles. The van der Waals surface area contributed by atoms with Crippen molar-refractivity contribution in [2.24, 2.45) is 0 Å². The molecule has 0 saturated heterocycles. The van der Waals surface area contributed by atoms with Gasteiger partial charge in [-0.1, -0.05) is 18.2 Å². The minimum absolute atomic E-state index is 0.0485. The van der Waals surface area contributed by atoms with Gasteiger partial charge in [0.1, 0.15) is 0 Å². The van der Waals surface area contributed by atoms with Crippen LogP contribution in [0, 0.1) is 13.8 Å². The summed E-state index contributed by atoms with van der Waals surface area (Å²) in [6.45, 7) is 4.89. The number of benzene rings is 1. The maximum absolute atomic E-state index is 13.3. The zero-order valence-electron chi connectivity index (χ0n) is 13.8. The number of rotatable bonds is 2. The summed E-state index contributed by atoms with van der Waals surface area (Å²) < 4.78 is 0. The third-order valence-electron chi connectivity index (χ3n) is 4.87. The van der Waals surface area contributed by atoms with Crippen LogP contribution in [0.15, 0.2) is 47.2 Å². The molecule has 0 N–H and O–H groups in total. The van der Waals surface area contributed by atoms with Crippen molar-refractivity contribution in [1.82, 2.24) is 4.90 Å². The Kier molecular flexibility index (Phi) is 4.02. The Labute approximate surface area is 150 Å². The van der Waals surface area contributed by atoms with Gasteiger partial charge >= 0.3 is 0 Å². The van der Waals surface area contributed by atoms with Gasteiger partial charge in [-0.15, -0.1) is 22.7 Å². The number of hydrogen-bond acceptors (Lipinski definition) is 3. The molecular weight excluding hydrogens is 334 g/mol. The maximum Gasteiger partial charge on any atom is 0.254 e. The van der Waals surface area contributed by atoms with E-state index in [1.807, 2.05) is 30.4 Å². The fraction of sp³-hybridized carbons (Fsp3) is 0.250. The lowest BCUT2D eigenvalue weighted by molar-refractivity contribution is 0.0698. The van der Waals surface area contributed by atoms with Crippen molar-refractivity contribution in [3.05, 3.63) is 79.2 Å². The van der Waals surface area contributed by atoms with Crippen LogP contribution in [0.4, 0.5) is 0 Å². The number of thiophene rings is 2. The molecule has 2 aromatic heterocycles. The average Bonchev–Trinajstić information content (AvgIpc) is 3.27. The van der Waals surface area contributed by atoms with Crippen molar-refractivity contribution >= 4 is 28.6 Å². The monoisotopic (exact) mass is 353 g/mol. The molecule has 24 heavy (non-hydrogen) atoms. The molecule has 0 fully saturated rings. The highest BCUT2D eigenvalue weighted by Gasteiger charge is 2.34. The quantitative estimate of drug-likeness (QED) is 0.619. The Morgan fingerprint density at radius 1 is 1.08 bits per heavy atom. The second-order valence-electron chi connectivity index (χ2n) is 6.21. The van der Waals surface area contributed by atoms with E-state index in [1.165, 1.54) is 20.9 Å². The van der Waals surface area contributed by atoms with Gasteiger partial charge in [0.15, 0.2) is 0 Å². The lowest BCUT2D eigenvalue weighted by atomic mass is 9.96. The van der Waals surface area contributed by atoms with Crippen LogP contribution in [0.25, 0.3) is 0 Å². The lowest BCUT2D eigenvalue weighted by Gasteiger charge is -2.36.